The third kappa shape index (κ3) is 2.28. The molecule has 0 aliphatic carbocycles. The largest absolute Gasteiger partial charge is 0.337 e. The van der Waals surface area contributed by atoms with E-state index in [0.717, 1.165) is 39.0 Å². The average molecular weight is 251 g/mol. The van der Waals surface area contributed by atoms with Gasteiger partial charge in [0, 0.05) is 31.7 Å². The van der Waals surface area contributed by atoms with Crippen molar-refractivity contribution in [3.8, 4) is 0 Å². The molecule has 1 N–H and O–H groups in total. The molecule has 102 valence electrons. The monoisotopic (exact) mass is 251 g/mol. The normalized spacial score (nSPS) is 37.6. The van der Waals surface area contributed by atoms with Gasteiger partial charge in [-0.1, -0.05) is 0 Å². The van der Waals surface area contributed by atoms with Gasteiger partial charge < -0.3 is 10.2 Å². The second kappa shape index (κ2) is 5.17. The van der Waals surface area contributed by atoms with Crippen LogP contribution in [0.25, 0.3) is 0 Å². The molecular weight excluding hydrogens is 226 g/mol. The smallest absolute Gasteiger partial charge is 0.227 e. The zero-order valence-corrected chi connectivity index (χ0v) is 11.4. The first-order valence-corrected chi connectivity index (χ1v) is 7.51. The summed E-state index contributed by atoms with van der Waals surface area (Å²) in [6, 6.07) is 1.04. The Kier molecular flexibility index (Phi) is 3.57. The molecule has 3 saturated heterocycles. The Morgan fingerprint density at radius 2 is 2.11 bits per heavy atom. The minimum Gasteiger partial charge on any atom is -0.337 e. The quantitative estimate of drug-likeness (QED) is 0.744. The fraction of sp³-hybridized carbons (Fsp3) is 0.929. The molecule has 3 aliphatic heterocycles. The molecule has 3 rings (SSSR count). The van der Waals surface area contributed by atoms with Crippen molar-refractivity contribution in [2.75, 3.05) is 32.7 Å². The number of piperidine rings is 1. The Labute approximate surface area is 110 Å². The maximum Gasteiger partial charge on any atom is 0.227 e. The first kappa shape index (κ1) is 12.4. The molecule has 2 unspecified atom stereocenters. The van der Waals surface area contributed by atoms with Gasteiger partial charge in [0.15, 0.2) is 0 Å². The van der Waals surface area contributed by atoms with Crippen molar-refractivity contribution in [2.24, 2.45) is 5.92 Å². The van der Waals surface area contributed by atoms with Crippen LogP contribution in [0.5, 0.6) is 0 Å². The van der Waals surface area contributed by atoms with Gasteiger partial charge in [0.1, 0.15) is 0 Å². The number of piperazine rings is 1. The van der Waals surface area contributed by atoms with Crippen LogP contribution in [0.1, 0.15) is 32.6 Å². The lowest BCUT2D eigenvalue weighted by atomic mass is 9.96. The predicted molar refractivity (Wildman–Crippen MR) is 71.4 cm³/mol. The molecule has 0 bridgehead atoms. The maximum absolute atomic E-state index is 12.6. The first-order valence-electron chi connectivity index (χ1n) is 7.51. The lowest BCUT2D eigenvalue weighted by Gasteiger charge is -2.44. The molecule has 0 aromatic rings. The summed E-state index contributed by atoms with van der Waals surface area (Å²) < 4.78 is 0. The summed E-state index contributed by atoms with van der Waals surface area (Å²) in [5.74, 6) is 0.635. The molecule has 0 radical (unpaired) electrons. The minimum atomic E-state index is 0.231. The topological polar surface area (TPSA) is 35.6 Å². The Balaban J connectivity index is 1.65. The van der Waals surface area contributed by atoms with Crippen molar-refractivity contribution < 1.29 is 4.79 Å². The summed E-state index contributed by atoms with van der Waals surface area (Å²) in [6.07, 6.45) is 4.81. The molecule has 0 aromatic heterocycles. The van der Waals surface area contributed by atoms with Crippen LogP contribution in [0, 0.1) is 5.92 Å². The number of hydrogen-bond donors (Lipinski definition) is 1. The van der Waals surface area contributed by atoms with Crippen LogP contribution in [0.15, 0.2) is 0 Å². The molecule has 3 fully saturated rings. The van der Waals surface area contributed by atoms with Crippen LogP contribution in [-0.2, 0) is 4.79 Å². The van der Waals surface area contributed by atoms with Crippen molar-refractivity contribution in [1.29, 1.82) is 0 Å². The number of rotatable bonds is 1. The molecule has 3 heterocycles. The maximum atomic E-state index is 12.6. The van der Waals surface area contributed by atoms with E-state index < -0.39 is 0 Å². The van der Waals surface area contributed by atoms with Crippen molar-refractivity contribution in [3.63, 3.8) is 0 Å². The van der Waals surface area contributed by atoms with Crippen molar-refractivity contribution in [2.45, 2.75) is 44.7 Å². The lowest BCUT2D eigenvalue weighted by Crippen LogP contribution is -2.58. The van der Waals surface area contributed by atoms with Gasteiger partial charge in [0.2, 0.25) is 5.91 Å². The van der Waals surface area contributed by atoms with Gasteiger partial charge >= 0.3 is 0 Å². The van der Waals surface area contributed by atoms with E-state index in [9.17, 15) is 4.79 Å². The third-order valence-corrected chi connectivity index (χ3v) is 4.87. The van der Waals surface area contributed by atoms with Gasteiger partial charge in [-0.15, -0.1) is 0 Å². The van der Waals surface area contributed by atoms with Gasteiger partial charge in [-0.05, 0) is 45.7 Å². The Morgan fingerprint density at radius 3 is 2.89 bits per heavy atom. The molecular formula is C14H25N3O. The highest BCUT2D eigenvalue weighted by Gasteiger charge is 2.38. The summed E-state index contributed by atoms with van der Waals surface area (Å²) in [6.45, 7) is 7.46. The Bertz CT molecular complexity index is 314. The molecule has 4 nitrogen and oxygen atoms in total. The van der Waals surface area contributed by atoms with E-state index in [2.05, 4.69) is 22.0 Å². The number of nitrogens with zero attached hydrogens (tertiary/aromatic N) is 2. The van der Waals surface area contributed by atoms with Crippen molar-refractivity contribution >= 4 is 5.91 Å². The van der Waals surface area contributed by atoms with Crippen LogP contribution in [0.2, 0.25) is 0 Å². The number of nitrogens with one attached hydrogen (secondary N) is 1. The van der Waals surface area contributed by atoms with Gasteiger partial charge in [-0.3, -0.25) is 9.69 Å². The summed E-state index contributed by atoms with van der Waals surface area (Å²) in [5, 5.41) is 3.36. The van der Waals surface area contributed by atoms with E-state index >= 15 is 0 Å². The number of hydrogen-bond acceptors (Lipinski definition) is 3. The molecule has 3 aliphatic rings. The zero-order valence-electron chi connectivity index (χ0n) is 11.4. The average Bonchev–Trinajstić information content (AvgIpc) is 2.85. The number of fused-ring (bicyclic) bond motifs is 1. The Hall–Kier alpha value is -0.610. The second-order valence-electron chi connectivity index (χ2n) is 6.17. The van der Waals surface area contributed by atoms with Gasteiger partial charge in [0.25, 0.3) is 0 Å². The van der Waals surface area contributed by atoms with E-state index in [0.29, 0.717) is 18.0 Å². The summed E-state index contributed by atoms with van der Waals surface area (Å²) in [4.78, 5) is 17.4. The van der Waals surface area contributed by atoms with Gasteiger partial charge in [-0.25, -0.2) is 0 Å². The van der Waals surface area contributed by atoms with E-state index in [4.69, 9.17) is 0 Å². The van der Waals surface area contributed by atoms with Crippen molar-refractivity contribution in [3.05, 3.63) is 0 Å². The molecule has 1 amide bonds. The number of amides is 1. The van der Waals surface area contributed by atoms with Crippen LogP contribution in [0.3, 0.4) is 0 Å². The zero-order chi connectivity index (χ0) is 12.5. The SMILES string of the molecule is CC1CN2CCCC2CN1C(=O)[C@@H]1CCCNC1. The van der Waals surface area contributed by atoms with Crippen LogP contribution in [-0.4, -0.2) is 60.5 Å². The highest BCUT2D eigenvalue weighted by atomic mass is 16.2. The second-order valence-corrected chi connectivity index (χ2v) is 6.17. The van der Waals surface area contributed by atoms with E-state index in [1.807, 2.05) is 0 Å². The van der Waals surface area contributed by atoms with Crippen LogP contribution >= 0.6 is 0 Å². The van der Waals surface area contributed by atoms with E-state index in [1.54, 1.807) is 0 Å². The van der Waals surface area contributed by atoms with Crippen LogP contribution < -0.4 is 5.32 Å². The summed E-state index contributed by atoms with van der Waals surface area (Å²) in [5.41, 5.74) is 0. The molecule has 18 heavy (non-hydrogen) atoms. The number of carbonyl (C=O) groups is 1. The lowest BCUT2D eigenvalue weighted by molar-refractivity contribution is -0.141. The molecule has 0 aromatic carbocycles. The predicted octanol–water partition coefficient (Wildman–Crippen LogP) is 0.681. The van der Waals surface area contributed by atoms with Gasteiger partial charge in [-0.2, -0.15) is 0 Å². The molecule has 0 saturated carbocycles. The fourth-order valence-electron chi connectivity index (χ4n) is 3.79. The third-order valence-electron chi connectivity index (χ3n) is 4.87. The summed E-state index contributed by atoms with van der Waals surface area (Å²) >= 11 is 0. The Morgan fingerprint density at radius 1 is 1.22 bits per heavy atom. The van der Waals surface area contributed by atoms with Gasteiger partial charge in [0.05, 0.1) is 5.92 Å². The first-order chi connectivity index (χ1) is 8.75. The number of carbonyl (C=O) groups excluding carboxylic acids is 1. The molecule has 4 heteroatoms. The fourth-order valence-corrected chi connectivity index (χ4v) is 3.79. The highest BCUT2D eigenvalue weighted by molar-refractivity contribution is 5.79. The molecule has 0 spiro atoms. The summed E-state index contributed by atoms with van der Waals surface area (Å²) in [7, 11) is 0. The van der Waals surface area contributed by atoms with Crippen LogP contribution in [0.4, 0.5) is 0 Å². The van der Waals surface area contributed by atoms with Crippen molar-refractivity contribution in [1.82, 2.24) is 15.1 Å². The van der Waals surface area contributed by atoms with E-state index in [-0.39, 0.29) is 5.92 Å². The van der Waals surface area contributed by atoms with E-state index in [1.165, 1.54) is 19.4 Å². The highest BCUT2D eigenvalue weighted by Crippen LogP contribution is 2.26. The molecule has 3 atom stereocenters. The minimum absolute atomic E-state index is 0.231. The standard InChI is InChI=1S/C14H25N3O/c1-11-9-16-7-3-5-13(16)10-17(11)14(18)12-4-2-6-15-8-12/h11-13,15H,2-10H2,1H3/t11?,12-,13?/m1/s1.